The minimum Gasteiger partial charge on any atom is -0.382 e. The van der Waals surface area contributed by atoms with E-state index in [2.05, 4.69) is 31.4 Å². The summed E-state index contributed by atoms with van der Waals surface area (Å²) in [4.78, 5) is 43.2. The highest BCUT2D eigenvalue weighted by atomic mass is 16.5. The van der Waals surface area contributed by atoms with Gasteiger partial charge >= 0.3 is 0 Å². The number of fused-ring (bicyclic) bond motifs is 1. The number of ether oxygens (including phenoxy) is 2. The number of nitrogens with one attached hydrogen (secondary N) is 2. The van der Waals surface area contributed by atoms with Gasteiger partial charge in [-0.3, -0.25) is 14.4 Å². The van der Waals surface area contributed by atoms with Crippen molar-refractivity contribution in [1.29, 1.82) is 0 Å². The maximum Gasteiger partial charge on any atom is 0.246 e. The molecule has 5 rings (SSSR count). The standard InChI is InChI=1S/C31H43N3O5/c1-5-38-18-8-17-34-27(29(36)33-23-10-7-6-9-20(23)4)31-16-15-24(39-31)25(26(31)30(34)37)28(35)32-22-13-11-21(12-14-22)19(2)3/h11-16,19-20,23-27H,5-10,17-18H2,1-4H3,(H,32,35)(H,33,36)/t20-,23+,24+,25+,26+,27-,31-/m0/s1. The second kappa shape index (κ2) is 11.4. The molecule has 7 atom stereocenters. The van der Waals surface area contributed by atoms with Gasteiger partial charge in [-0.25, -0.2) is 0 Å². The quantitative estimate of drug-likeness (QED) is 0.347. The topological polar surface area (TPSA) is 97.0 Å². The Balaban J connectivity index is 1.39. The minimum atomic E-state index is -1.14. The molecule has 8 nitrogen and oxygen atoms in total. The third-order valence-corrected chi connectivity index (χ3v) is 9.10. The monoisotopic (exact) mass is 537 g/mol. The van der Waals surface area contributed by atoms with Gasteiger partial charge in [-0.05, 0) is 55.7 Å². The third kappa shape index (κ3) is 5.13. The lowest BCUT2D eigenvalue weighted by atomic mass is 9.74. The van der Waals surface area contributed by atoms with Gasteiger partial charge in [0.2, 0.25) is 17.7 Å². The van der Waals surface area contributed by atoms with Crippen LogP contribution in [0.5, 0.6) is 0 Å². The summed E-state index contributed by atoms with van der Waals surface area (Å²) in [6.45, 7) is 9.83. The highest BCUT2D eigenvalue weighted by molar-refractivity contribution is 6.02. The van der Waals surface area contributed by atoms with Gasteiger partial charge in [0.1, 0.15) is 11.6 Å². The van der Waals surface area contributed by atoms with Crippen LogP contribution in [0.2, 0.25) is 0 Å². The molecular formula is C31H43N3O5. The van der Waals surface area contributed by atoms with Crippen LogP contribution >= 0.6 is 0 Å². The van der Waals surface area contributed by atoms with Gasteiger partial charge in [0.15, 0.2) is 0 Å². The number of hydrogen-bond donors (Lipinski definition) is 2. The summed E-state index contributed by atoms with van der Waals surface area (Å²) in [6.07, 6.45) is 8.09. The molecule has 3 heterocycles. The Morgan fingerprint density at radius 1 is 1.15 bits per heavy atom. The third-order valence-electron chi connectivity index (χ3n) is 9.10. The van der Waals surface area contributed by atoms with E-state index in [0.717, 1.165) is 19.3 Å². The van der Waals surface area contributed by atoms with Gasteiger partial charge < -0.3 is 25.0 Å². The predicted octanol–water partition coefficient (Wildman–Crippen LogP) is 4.02. The highest BCUT2D eigenvalue weighted by Gasteiger charge is 2.72. The molecule has 3 amide bonds. The van der Waals surface area contributed by atoms with Crippen molar-refractivity contribution in [2.24, 2.45) is 17.8 Å². The summed E-state index contributed by atoms with van der Waals surface area (Å²) in [7, 11) is 0. The summed E-state index contributed by atoms with van der Waals surface area (Å²) < 4.78 is 12.0. The van der Waals surface area contributed by atoms with Gasteiger partial charge in [0, 0.05) is 31.5 Å². The van der Waals surface area contributed by atoms with Crippen LogP contribution in [0.3, 0.4) is 0 Å². The second-order valence-electron chi connectivity index (χ2n) is 11.9. The fraction of sp³-hybridized carbons (Fsp3) is 0.645. The lowest BCUT2D eigenvalue weighted by molar-refractivity contribution is -0.141. The fourth-order valence-corrected chi connectivity index (χ4v) is 6.96. The number of rotatable bonds is 10. The van der Waals surface area contributed by atoms with Crippen LogP contribution in [0.1, 0.15) is 71.3 Å². The molecule has 0 unspecified atom stereocenters. The fourth-order valence-electron chi connectivity index (χ4n) is 6.96. The zero-order valence-electron chi connectivity index (χ0n) is 23.7. The van der Waals surface area contributed by atoms with Crippen molar-refractivity contribution in [3.63, 3.8) is 0 Å². The Hall–Kier alpha value is -2.71. The summed E-state index contributed by atoms with van der Waals surface area (Å²) in [5.41, 5.74) is 0.733. The van der Waals surface area contributed by atoms with Crippen molar-refractivity contribution in [2.75, 3.05) is 25.1 Å². The molecule has 2 saturated heterocycles. The molecule has 0 aromatic heterocycles. The number of amides is 3. The Bertz CT molecular complexity index is 1100. The molecule has 0 radical (unpaired) electrons. The maximum atomic E-state index is 14.0. The molecule has 39 heavy (non-hydrogen) atoms. The smallest absolute Gasteiger partial charge is 0.246 e. The van der Waals surface area contributed by atoms with Crippen LogP contribution in [-0.4, -0.2) is 66.2 Å². The zero-order valence-corrected chi connectivity index (χ0v) is 23.7. The molecular weight excluding hydrogens is 494 g/mol. The SMILES string of the molecule is CCOCCCN1C(=O)[C@H]2[C@H](C(=O)Nc3ccc(C(C)C)cc3)[C@H]3C=C[C@@]2(O3)[C@@H]1C(=O)N[C@@H]1CCCC[C@@H]1C. The molecule has 212 valence electrons. The minimum absolute atomic E-state index is 0.0811. The van der Waals surface area contributed by atoms with E-state index in [1.165, 1.54) is 12.0 Å². The number of likely N-dealkylation sites (tertiary alicyclic amines) is 1. The van der Waals surface area contributed by atoms with E-state index in [4.69, 9.17) is 9.47 Å². The molecule has 8 heteroatoms. The maximum absolute atomic E-state index is 14.0. The first-order chi connectivity index (χ1) is 18.8. The van der Waals surface area contributed by atoms with Crippen LogP contribution in [0.25, 0.3) is 0 Å². The van der Waals surface area contributed by atoms with Crippen molar-refractivity contribution in [2.45, 2.75) is 89.5 Å². The molecule has 3 aliphatic heterocycles. The van der Waals surface area contributed by atoms with Crippen LogP contribution in [0.4, 0.5) is 5.69 Å². The first-order valence-electron chi connectivity index (χ1n) is 14.7. The Labute approximate surface area is 231 Å². The predicted molar refractivity (Wildman–Crippen MR) is 149 cm³/mol. The van der Waals surface area contributed by atoms with Gasteiger partial charge in [0.25, 0.3) is 0 Å². The van der Waals surface area contributed by atoms with Gasteiger partial charge in [-0.15, -0.1) is 0 Å². The number of carbonyl (C=O) groups is 3. The molecule has 3 fully saturated rings. The lowest BCUT2D eigenvalue weighted by Crippen LogP contribution is -2.57. The van der Waals surface area contributed by atoms with Gasteiger partial charge in [-0.1, -0.05) is 57.9 Å². The number of nitrogens with zero attached hydrogens (tertiary/aromatic N) is 1. The van der Waals surface area contributed by atoms with Gasteiger partial charge in [-0.2, -0.15) is 0 Å². The first-order valence-corrected chi connectivity index (χ1v) is 14.7. The van der Waals surface area contributed by atoms with E-state index in [-0.39, 0.29) is 23.8 Å². The Morgan fingerprint density at radius 2 is 1.90 bits per heavy atom. The highest BCUT2D eigenvalue weighted by Crippen LogP contribution is 2.55. The van der Waals surface area contributed by atoms with E-state index < -0.39 is 29.6 Å². The second-order valence-corrected chi connectivity index (χ2v) is 11.9. The molecule has 1 spiro atoms. The lowest BCUT2D eigenvalue weighted by Gasteiger charge is -2.36. The molecule has 1 saturated carbocycles. The summed E-state index contributed by atoms with van der Waals surface area (Å²) in [5.74, 6) is -1.29. The van der Waals surface area contributed by atoms with E-state index in [1.807, 2.05) is 43.3 Å². The van der Waals surface area contributed by atoms with Crippen molar-refractivity contribution < 1.29 is 23.9 Å². The normalized spacial score (nSPS) is 33.1. The van der Waals surface area contributed by atoms with Gasteiger partial charge in [0.05, 0.1) is 17.9 Å². The van der Waals surface area contributed by atoms with Crippen LogP contribution < -0.4 is 10.6 Å². The number of anilines is 1. The zero-order chi connectivity index (χ0) is 27.7. The average molecular weight is 538 g/mol. The molecule has 1 aromatic rings. The largest absolute Gasteiger partial charge is 0.382 e. The summed E-state index contributed by atoms with van der Waals surface area (Å²) in [5, 5.41) is 6.28. The van der Waals surface area contributed by atoms with Crippen molar-refractivity contribution in [1.82, 2.24) is 10.2 Å². The summed E-state index contributed by atoms with van der Waals surface area (Å²) >= 11 is 0. The molecule has 2 N–H and O–H groups in total. The first kappa shape index (κ1) is 27.8. The number of benzene rings is 1. The summed E-state index contributed by atoms with van der Waals surface area (Å²) in [6, 6.07) is 7.07. The van der Waals surface area contributed by atoms with E-state index in [1.54, 1.807) is 4.90 Å². The van der Waals surface area contributed by atoms with Crippen LogP contribution in [-0.2, 0) is 23.9 Å². The Morgan fingerprint density at radius 3 is 2.59 bits per heavy atom. The van der Waals surface area contributed by atoms with Crippen molar-refractivity contribution in [3.05, 3.63) is 42.0 Å². The van der Waals surface area contributed by atoms with Crippen LogP contribution in [0.15, 0.2) is 36.4 Å². The number of carbonyl (C=O) groups excluding carboxylic acids is 3. The van der Waals surface area contributed by atoms with E-state index in [9.17, 15) is 14.4 Å². The Kier molecular flexibility index (Phi) is 8.15. The average Bonchev–Trinajstić information content (AvgIpc) is 3.55. The molecule has 4 aliphatic rings. The molecule has 1 aliphatic carbocycles. The van der Waals surface area contributed by atoms with E-state index in [0.29, 0.717) is 43.7 Å². The number of hydrogen-bond acceptors (Lipinski definition) is 5. The van der Waals surface area contributed by atoms with E-state index >= 15 is 0 Å². The van der Waals surface area contributed by atoms with Crippen molar-refractivity contribution in [3.8, 4) is 0 Å². The molecule has 1 aromatic carbocycles. The van der Waals surface area contributed by atoms with Crippen LogP contribution in [0, 0.1) is 17.8 Å². The molecule has 2 bridgehead atoms. The van der Waals surface area contributed by atoms with Crippen molar-refractivity contribution >= 4 is 23.4 Å².